The molecule has 40 heavy (non-hydrogen) atoms. The number of halogens is 1. The van der Waals surface area contributed by atoms with E-state index in [1.165, 1.54) is 7.11 Å². The third-order valence-corrected chi connectivity index (χ3v) is 8.78. The first-order valence-corrected chi connectivity index (χ1v) is 15.9. The smallest absolute Gasteiger partial charge is 0.328 e. The van der Waals surface area contributed by atoms with Crippen LogP contribution in [0.5, 0.6) is 0 Å². The number of aryl methyl sites for hydroxylation is 1. The van der Waals surface area contributed by atoms with Crippen molar-refractivity contribution in [3.8, 4) is 0 Å². The summed E-state index contributed by atoms with van der Waals surface area (Å²) in [6.07, 6.45) is 6.23. The maximum atomic E-state index is 13.9. The second kappa shape index (κ2) is 11.0. The van der Waals surface area contributed by atoms with Crippen LogP contribution in [-0.2, 0) is 25.1 Å². The molecule has 0 spiro atoms. The summed E-state index contributed by atoms with van der Waals surface area (Å²) < 4.78 is 30.9. The summed E-state index contributed by atoms with van der Waals surface area (Å²) in [7, 11) is -1.96. The zero-order valence-corrected chi connectivity index (χ0v) is 24.7. The summed E-state index contributed by atoms with van der Waals surface area (Å²) in [5, 5.41) is 5.18. The van der Waals surface area contributed by atoms with Gasteiger partial charge in [-0.25, -0.2) is 22.7 Å². The monoisotopic (exact) mass is 587 g/mol. The van der Waals surface area contributed by atoms with Crippen LogP contribution in [0.1, 0.15) is 65.8 Å². The molecule has 2 fully saturated rings. The van der Waals surface area contributed by atoms with Crippen LogP contribution in [0, 0.1) is 12.8 Å². The first kappa shape index (κ1) is 28.4. The molecule has 2 aromatic heterocycles. The number of methoxy groups -OCH3 is 1. The Morgan fingerprint density at radius 1 is 1.20 bits per heavy atom. The van der Waals surface area contributed by atoms with E-state index in [2.05, 4.69) is 6.92 Å². The zero-order chi connectivity index (χ0) is 28.8. The Balaban J connectivity index is 1.49. The molecule has 214 valence electrons. The molecule has 0 radical (unpaired) electrons. The van der Waals surface area contributed by atoms with E-state index >= 15 is 0 Å². The van der Waals surface area contributed by atoms with Crippen molar-refractivity contribution in [1.82, 2.24) is 19.5 Å². The van der Waals surface area contributed by atoms with Crippen molar-refractivity contribution < 1.29 is 22.7 Å². The first-order valence-electron chi connectivity index (χ1n) is 13.4. The van der Waals surface area contributed by atoms with Crippen molar-refractivity contribution in [2.75, 3.05) is 31.4 Å². The van der Waals surface area contributed by atoms with Gasteiger partial charge in [0, 0.05) is 47.8 Å². The molecule has 3 atom stereocenters. The number of anilines is 1. The molecule has 3 aromatic rings. The van der Waals surface area contributed by atoms with Crippen molar-refractivity contribution >= 4 is 44.8 Å². The van der Waals surface area contributed by atoms with E-state index in [1.54, 1.807) is 27.6 Å². The first-order chi connectivity index (χ1) is 18.9. The molecule has 1 amide bonds. The minimum absolute atomic E-state index is 0.244. The summed E-state index contributed by atoms with van der Waals surface area (Å²) in [5.74, 6) is 0.264. The normalized spacial score (nSPS) is 21.7. The highest BCUT2D eigenvalue weighted by Crippen LogP contribution is 2.35. The number of fused-ring (bicyclic) bond motifs is 1. The summed E-state index contributed by atoms with van der Waals surface area (Å²) in [6.45, 7) is 5.27. The Morgan fingerprint density at radius 3 is 2.70 bits per heavy atom. The van der Waals surface area contributed by atoms with Crippen LogP contribution in [0.15, 0.2) is 30.5 Å². The van der Waals surface area contributed by atoms with Crippen LogP contribution in [0.25, 0.3) is 5.65 Å². The second-order valence-corrected chi connectivity index (χ2v) is 13.6. The predicted molar refractivity (Wildman–Crippen MR) is 152 cm³/mol. The molecule has 5 rings (SSSR count). The molecule has 12 heteroatoms. The lowest BCUT2D eigenvalue weighted by Gasteiger charge is -2.35. The van der Waals surface area contributed by atoms with Gasteiger partial charge in [0.15, 0.2) is 15.5 Å². The summed E-state index contributed by atoms with van der Waals surface area (Å²) in [6, 6.07) is 5.96. The lowest BCUT2D eigenvalue weighted by Crippen LogP contribution is -2.39. The predicted octanol–water partition coefficient (Wildman–Crippen LogP) is 3.99. The number of carbonyl (C=O) groups is 2. The number of carbonyl (C=O) groups excluding carboxylic acids is 2. The zero-order valence-electron chi connectivity index (χ0n) is 23.1. The standard InChI is InChI=1S/C28H34ClN5O5S/c1-17-11-24(28(36)39-3)33(14-17)26-18(2)15-34-25(30-26)13-22(31-34)23-7-5-6-10-32(23)27(35)21-12-20(29)9-8-19(21)16-40(4,37)38/h8-9,12-13,15,17,23-24H,5-7,10-11,14,16H2,1-4H3/t17-,23-,24+/m0/s1. The molecule has 0 aliphatic carbocycles. The average Bonchev–Trinajstić information content (AvgIpc) is 3.50. The van der Waals surface area contributed by atoms with E-state index in [-0.39, 0.29) is 29.7 Å². The van der Waals surface area contributed by atoms with Gasteiger partial charge in [0.25, 0.3) is 5.91 Å². The SMILES string of the molecule is COC(=O)[C@H]1C[C@H](C)CN1c1nc2cc([C@@H]3CCCCN3C(=O)c3cc(Cl)ccc3CS(C)(=O)=O)nn2cc1C. The van der Waals surface area contributed by atoms with Gasteiger partial charge in [-0.05, 0) is 56.2 Å². The van der Waals surface area contributed by atoms with Crippen LogP contribution in [0.2, 0.25) is 5.02 Å². The number of hydrogen-bond acceptors (Lipinski definition) is 8. The fourth-order valence-corrected chi connectivity index (χ4v) is 6.89. The third kappa shape index (κ3) is 5.67. The minimum atomic E-state index is -3.36. The summed E-state index contributed by atoms with van der Waals surface area (Å²) in [4.78, 5) is 35.0. The number of piperidine rings is 1. The van der Waals surface area contributed by atoms with Gasteiger partial charge in [-0.1, -0.05) is 24.6 Å². The Kier molecular flexibility index (Phi) is 7.80. The van der Waals surface area contributed by atoms with Gasteiger partial charge in [0.1, 0.15) is 11.9 Å². The van der Waals surface area contributed by atoms with Crippen LogP contribution in [0.3, 0.4) is 0 Å². The van der Waals surface area contributed by atoms with Crippen molar-refractivity contribution in [1.29, 1.82) is 0 Å². The number of esters is 1. The van der Waals surface area contributed by atoms with Gasteiger partial charge in [0.2, 0.25) is 0 Å². The highest BCUT2D eigenvalue weighted by Gasteiger charge is 2.38. The Hall–Kier alpha value is -3.18. The lowest BCUT2D eigenvalue weighted by atomic mass is 9.97. The molecule has 0 bridgehead atoms. The number of likely N-dealkylation sites (tertiary alicyclic amines) is 1. The number of ether oxygens (including phenoxy) is 1. The topological polar surface area (TPSA) is 114 Å². The molecule has 2 saturated heterocycles. The maximum Gasteiger partial charge on any atom is 0.328 e. The quantitative estimate of drug-likeness (QED) is 0.398. The van der Waals surface area contributed by atoms with Gasteiger partial charge in [-0.15, -0.1) is 0 Å². The average molecular weight is 588 g/mol. The number of sulfone groups is 1. The second-order valence-electron chi connectivity index (χ2n) is 11.0. The fraction of sp³-hybridized carbons (Fsp3) is 0.500. The van der Waals surface area contributed by atoms with Gasteiger partial charge in [-0.2, -0.15) is 5.10 Å². The molecular weight excluding hydrogens is 554 g/mol. The molecule has 10 nitrogen and oxygen atoms in total. The van der Waals surface area contributed by atoms with E-state index in [4.69, 9.17) is 26.4 Å². The Morgan fingerprint density at radius 2 is 1.98 bits per heavy atom. The third-order valence-electron chi connectivity index (χ3n) is 7.70. The number of rotatable bonds is 6. The molecule has 4 heterocycles. The van der Waals surface area contributed by atoms with Crippen molar-refractivity contribution in [3.63, 3.8) is 0 Å². The molecule has 2 aliphatic heterocycles. The molecule has 0 unspecified atom stereocenters. The highest BCUT2D eigenvalue weighted by molar-refractivity contribution is 7.89. The minimum Gasteiger partial charge on any atom is -0.467 e. The summed E-state index contributed by atoms with van der Waals surface area (Å²) in [5.41, 5.74) is 2.94. The summed E-state index contributed by atoms with van der Waals surface area (Å²) >= 11 is 6.23. The van der Waals surface area contributed by atoms with E-state index in [9.17, 15) is 18.0 Å². The van der Waals surface area contributed by atoms with Gasteiger partial charge < -0.3 is 14.5 Å². The largest absolute Gasteiger partial charge is 0.467 e. The molecule has 0 N–H and O–H groups in total. The number of benzene rings is 1. The van der Waals surface area contributed by atoms with Crippen LogP contribution < -0.4 is 4.90 Å². The van der Waals surface area contributed by atoms with E-state index in [0.29, 0.717) is 52.9 Å². The molecule has 1 aromatic carbocycles. The Labute approximate surface area is 239 Å². The van der Waals surface area contributed by atoms with E-state index in [0.717, 1.165) is 36.9 Å². The number of hydrogen-bond donors (Lipinski definition) is 0. The van der Waals surface area contributed by atoms with Gasteiger partial charge in [-0.3, -0.25) is 4.79 Å². The van der Waals surface area contributed by atoms with Crippen LogP contribution in [0.4, 0.5) is 5.82 Å². The number of aromatic nitrogens is 3. The lowest BCUT2D eigenvalue weighted by molar-refractivity contribution is -0.142. The van der Waals surface area contributed by atoms with E-state index < -0.39 is 9.84 Å². The highest BCUT2D eigenvalue weighted by atomic mass is 35.5. The van der Waals surface area contributed by atoms with E-state index in [1.807, 2.05) is 24.1 Å². The number of nitrogens with zero attached hydrogens (tertiary/aromatic N) is 5. The van der Waals surface area contributed by atoms with Gasteiger partial charge in [0.05, 0.1) is 24.6 Å². The molecule has 0 saturated carbocycles. The van der Waals surface area contributed by atoms with Crippen molar-refractivity contribution in [2.45, 2.75) is 57.4 Å². The van der Waals surface area contributed by atoms with Gasteiger partial charge >= 0.3 is 5.97 Å². The Bertz CT molecular complexity index is 1570. The van der Waals surface area contributed by atoms with Crippen molar-refractivity contribution in [2.24, 2.45) is 5.92 Å². The maximum absolute atomic E-state index is 13.9. The molecule has 2 aliphatic rings. The number of amides is 1. The van der Waals surface area contributed by atoms with Crippen molar-refractivity contribution in [3.05, 3.63) is 57.9 Å². The van der Waals surface area contributed by atoms with Crippen LogP contribution in [-0.4, -0.2) is 72.3 Å². The molecular formula is C28H34ClN5O5S. The van der Waals surface area contributed by atoms with Crippen LogP contribution >= 0.6 is 11.6 Å². The fourth-order valence-electron chi connectivity index (χ4n) is 5.91.